The lowest BCUT2D eigenvalue weighted by molar-refractivity contribution is -0.302. The lowest BCUT2D eigenvalue weighted by Crippen LogP contribution is -2.60. The van der Waals surface area contributed by atoms with Crippen molar-refractivity contribution in [1.29, 1.82) is 0 Å². The van der Waals surface area contributed by atoms with Crippen LogP contribution in [-0.4, -0.2) is 100 Å². The fourth-order valence-corrected chi connectivity index (χ4v) is 8.35. The Bertz CT molecular complexity index is 1250. The summed E-state index contributed by atoms with van der Waals surface area (Å²) >= 11 is 0. The van der Waals surface area contributed by atoms with E-state index in [2.05, 4.69) is 42.6 Å². The maximum atomic E-state index is 13.0. The highest BCUT2D eigenvalue weighted by Gasteiger charge is 2.44. The summed E-state index contributed by atoms with van der Waals surface area (Å²) in [6.07, 6.45) is 46.5. The Morgan fingerprint density at radius 1 is 0.567 bits per heavy atom. The van der Waals surface area contributed by atoms with Crippen LogP contribution in [0.5, 0.6) is 0 Å². The fourth-order valence-electron chi connectivity index (χ4n) is 8.35. The van der Waals surface area contributed by atoms with Crippen molar-refractivity contribution in [3.8, 4) is 0 Å². The van der Waals surface area contributed by atoms with Crippen molar-refractivity contribution in [2.75, 3.05) is 19.8 Å². The van der Waals surface area contributed by atoms with Gasteiger partial charge in [-0.05, 0) is 77.6 Å². The number of esters is 1. The van der Waals surface area contributed by atoms with Gasteiger partial charge in [0.15, 0.2) is 6.29 Å². The summed E-state index contributed by atoms with van der Waals surface area (Å²) in [4.78, 5) is 25.0. The van der Waals surface area contributed by atoms with Crippen LogP contribution in [-0.2, 0) is 23.8 Å². The van der Waals surface area contributed by atoms with Gasteiger partial charge in [-0.3, -0.25) is 9.59 Å². The fraction of sp³-hybridized carbons (Fsp3) is 0.821. The normalized spacial score (nSPS) is 19.9. The summed E-state index contributed by atoms with van der Waals surface area (Å²) in [6.45, 7) is 4.03. The average molecular weight is 948 g/mol. The van der Waals surface area contributed by atoms with Crippen molar-refractivity contribution in [3.05, 3.63) is 48.6 Å². The minimum Gasteiger partial charge on any atom is -0.466 e. The number of amides is 1. The van der Waals surface area contributed by atoms with Crippen LogP contribution in [0, 0.1) is 0 Å². The summed E-state index contributed by atoms with van der Waals surface area (Å²) in [5.41, 5.74) is 0. The molecule has 67 heavy (non-hydrogen) atoms. The van der Waals surface area contributed by atoms with E-state index in [1.165, 1.54) is 128 Å². The van der Waals surface area contributed by atoms with E-state index in [0.29, 0.717) is 25.9 Å². The Kier molecular flexibility index (Phi) is 43.0. The zero-order chi connectivity index (χ0) is 48.8. The molecule has 11 nitrogen and oxygen atoms in total. The van der Waals surface area contributed by atoms with Crippen molar-refractivity contribution in [3.63, 3.8) is 0 Å². The van der Waals surface area contributed by atoms with Gasteiger partial charge in [0.25, 0.3) is 0 Å². The number of aliphatic hydroxyl groups is 5. The molecule has 0 aromatic heterocycles. The second-order valence-corrected chi connectivity index (χ2v) is 18.9. The van der Waals surface area contributed by atoms with Crippen LogP contribution >= 0.6 is 0 Å². The number of carbonyl (C=O) groups is 2. The molecule has 7 atom stereocenters. The van der Waals surface area contributed by atoms with Crippen LogP contribution in [0.25, 0.3) is 0 Å². The first-order valence-electron chi connectivity index (χ1n) is 27.4. The smallest absolute Gasteiger partial charge is 0.305 e. The van der Waals surface area contributed by atoms with Gasteiger partial charge < -0.3 is 45.1 Å². The van der Waals surface area contributed by atoms with Gasteiger partial charge in [-0.2, -0.15) is 0 Å². The lowest BCUT2D eigenvalue weighted by atomic mass is 9.99. The van der Waals surface area contributed by atoms with E-state index in [-0.39, 0.29) is 18.5 Å². The monoisotopic (exact) mass is 948 g/mol. The highest BCUT2D eigenvalue weighted by molar-refractivity contribution is 5.76. The van der Waals surface area contributed by atoms with Crippen molar-refractivity contribution in [2.24, 2.45) is 0 Å². The molecule has 0 radical (unpaired) electrons. The molecule has 0 aliphatic carbocycles. The molecule has 0 aromatic carbocycles. The van der Waals surface area contributed by atoms with E-state index in [4.69, 9.17) is 14.2 Å². The second-order valence-electron chi connectivity index (χ2n) is 18.9. The molecule has 0 spiro atoms. The van der Waals surface area contributed by atoms with Gasteiger partial charge in [0.2, 0.25) is 5.91 Å². The number of unbranched alkanes of at least 4 members (excludes halogenated alkanes) is 27. The van der Waals surface area contributed by atoms with Crippen LogP contribution < -0.4 is 5.32 Å². The average Bonchev–Trinajstić information content (AvgIpc) is 3.32. The standard InChI is InChI=1S/C56H101NO10/c1-3-5-7-9-11-13-14-15-16-17-21-24-28-32-36-40-44-52(61)65-45-41-37-33-29-25-22-19-18-20-23-27-31-35-39-43-51(60)57-48(49(59)42-38-34-30-26-12-10-8-6-4-2)47-66-56-55(64)54(63)53(62)50(46-58)67-56/h4,6,12,16-17,26,38,42,48-50,53-56,58-59,62-64H,3,5,7-11,13-15,18-25,27-37,39-41,43-47H2,1-2H3,(H,57,60)/b6-4+,17-16-,26-12+,42-38+. The molecular weight excluding hydrogens is 847 g/mol. The Hall–Kier alpha value is -2.38. The van der Waals surface area contributed by atoms with Crippen molar-refractivity contribution in [1.82, 2.24) is 5.32 Å². The first kappa shape index (κ1) is 62.6. The van der Waals surface area contributed by atoms with Crippen molar-refractivity contribution >= 4 is 11.9 Å². The molecule has 6 N–H and O–H groups in total. The van der Waals surface area contributed by atoms with Gasteiger partial charge in [-0.15, -0.1) is 0 Å². The predicted octanol–water partition coefficient (Wildman–Crippen LogP) is 11.7. The quantitative estimate of drug-likeness (QED) is 0.0196. The number of hydrogen-bond acceptors (Lipinski definition) is 10. The van der Waals surface area contributed by atoms with E-state index < -0.39 is 49.5 Å². The van der Waals surface area contributed by atoms with E-state index in [9.17, 15) is 35.1 Å². The highest BCUT2D eigenvalue weighted by Crippen LogP contribution is 2.23. The number of hydrogen-bond donors (Lipinski definition) is 6. The highest BCUT2D eigenvalue weighted by atomic mass is 16.7. The number of allylic oxidation sites excluding steroid dienone is 7. The SMILES string of the molecule is C/C=C/CC/C=C/CC/C=C/C(O)C(COC1OC(CO)C(O)C(O)C1O)NC(=O)CCCCCCCCCCCCCCCCOC(=O)CCCCCCC/C=C\CCCCCCCCC. The Morgan fingerprint density at radius 2 is 1.03 bits per heavy atom. The maximum Gasteiger partial charge on any atom is 0.305 e. The van der Waals surface area contributed by atoms with Gasteiger partial charge in [0, 0.05) is 12.8 Å². The predicted molar refractivity (Wildman–Crippen MR) is 274 cm³/mol. The zero-order valence-corrected chi connectivity index (χ0v) is 42.6. The third-order valence-corrected chi connectivity index (χ3v) is 12.7. The van der Waals surface area contributed by atoms with Gasteiger partial charge in [0.05, 0.1) is 32.0 Å². The summed E-state index contributed by atoms with van der Waals surface area (Å²) in [5, 5.41) is 54.1. The Morgan fingerprint density at radius 3 is 1.57 bits per heavy atom. The minimum atomic E-state index is -1.58. The molecule has 1 amide bonds. The number of nitrogens with one attached hydrogen (secondary N) is 1. The lowest BCUT2D eigenvalue weighted by Gasteiger charge is -2.40. The van der Waals surface area contributed by atoms with Gasteiger partial charge in [0.1, 0.15) is 24.4 Å². The molecule has 1 rings (SSSR count). The second kappa shape index (κ2) is 46.0. The number of aliphatic hydroxyl groups excluding tert-OH is 5. The summed E-state index contributed by atoms with van der Waals surface area (Å²) in [5.74, 6) is -0.244. The molecule has 1 aliphatic rings. The van der Waals surface area contributed by atoms with Crippen LogP contribution in [0.4, 0.5) is 0 Å². The number of carbonyl (C=O) groups excluding carboxylic acids is 2. The Labute approximate surface area is 408 Å². The summed E-state index contributed by atoms with van der Waals surface area (Å²) in [6, 6.07) is -0.842. The van der Waals surface area contributed by atoms with E-state index >= 15 is 0 Å². The molecule has 1 fully saturated rings. The maximum absolute atomic E-state index is 13.0. The first-order chi connectivity index (χ1) is 32.7. The molecular formula is C56H101NO10. The van der Waals surface area contributed by atoms with Gasteiger partial charge >= 0.3 is 5.97 Å². The zero-order valence-electron chi connectivity index (χ0n) is 42.6. The van der Waals surface area contributed by atoms with E-state index in [1.807, 2.05) is 19.1 Å². The van der Waals surface area contributed by atoms with Crippen molar-refractivity contribution in [2.45, 2.75) is 275 Å². The largest absolute Gasteiger partial charge is 0.466 e. The van der Waals surface area contributed by atoms with E-state index in [1.54, 1.807) is 6.08 Å². The molecule has 11 heteroatoms. The van der Waals surface area contributed by atoms with Gasteiger partial charge in [-0.25, -0.2) is 0 Å². The molecule has 7 unspecified atom stereocenters. The Balaban J connectivity index is 2.08. The molecule has 1 heterocycles. The number of rotatable bonds is 46. The third kappa shape index (κ3) is 36.3. The summed E-state index contributed by atoms with van der Waals surface area (Å²) < 4.78 is 16.6. The molecule has 0 bridgehead atoms. The minimum absolute atomic E-state index is 0.0328. The molecule has 0 saturated carbocycles. The number of ether oxygens (including phenoxy) is 3. The van der Waals surface area contributed by atoms with Crippen LogP contribution in [0.3, 0.4) is 0 Å². The van der Waals surface area contributed by atoms with Crippen molar-refractivity contribution < 1.29 is 49.3 Å². The molecule has 390 valence electrons. The van der Waals surface area contributed by atoms with Gasteiger partial charge in [-0.1, -0.05) is 190 Å². The van der Waals surface area contributed by atoms with Crippen LogP contribution in [0.1, 0.15) is 232 Å². The van der Waals surface area contributed by atoms with E-state index in [0.717, 1.165) is 70.6 Å². The van der Waals surface area contributed by atoms with Crippen LogP contribution in [0.2, 0.25) is 0 Å². The third-order valence-electron chi connectivity index (χ3n) is 12.7. The molecule has 1 aliphatic heterocycles. The molecule has 1 saturated heterocycles. The summed E-state index contributed by atoms with van der Waals surface area (Å²) in [7, 11) is 0. The van der Waals surface area contributed by atoms with Crippen LogP contribution in [0.15, 0.2) is 48.6 Å². The molecule has 0 aromatic rings. The topological polar surface area (TPSA) is 175 Å². The first-order valence-corrected chi connectivity index (χ1v) is 27.4.